The molecule has 3 N–H and O–H groups in total. The Kier molecular flexibility index (Phi) is 4.46. The third-order valence-electron chi connectivity index (χ3n) is 2.75. The fourth-order valence-electron chi connectivity index (χ4n) is 1.84. The van der Waals surface area contributed by atoms with Crippen LogP contribution in [0.4, 0.5) is 5.00 Å². The number of carbonyl (C=O) groups excluding carboxylic acids is 1. The van der Waals surface area contributed by atoms with Crippen molar-refractivity contribution in [2.75, 3.05) is 25.0 Å². The monoisotopic (exact) mass is 285 g/mol. The van der Waals surface area contributed by atoms with E-state index in [0.29, 0.717) is 18.8 Å². The van der Waals surface area contributed by atoms with Crippen molar-refractivity contribution in [3.8, 4) is 0 Å². The number of aryl methyl sites for hydroxylation is 1. The van der Waals surface area contributed by atoms with Crippen molar-refractivity contribution >= 4 is 28.4 Å². The van der Waals surface area contributed by atoms with Crippen LogP contribution in [0.5, 0.6) is 0 Å². The Hall–Kier alpha value is -1.51. The van der Waals surface area contributed by atoms with Gasteiger partial charge in [0.05, 0.1) is 24.8 Å². The van der Waals surface area contributed by atoms with Gasteiger partial charge in [0.1, 0.15) is 10.6 Å². The van der Waals surface area contributed by atoms with Crippen LogP contribution in [0.15, 0.2) is 0 Å². The van der Waals surface area contributed by atoms with Crippen LogP contribution >= 0.6 is 11.5 Å². The Bertz CT molecular complexity index is 482. The van der Waals surface area contributed by atoms with E-state index in [9.17, 15) is 9.59 Å². The maximum atomic E-state index is 11.8. The van der Waals surface area contributed by atoms with Crippen molar-refractivity contribution in [3.63, 3.8) is 0 Å². The molecule has 0 aliphatic carbocycles. The van der Waals surface area contributed by atoms with E-state index in [1.54, 1.807) is 6.92 Å². The molecule has 19 heavy (non-hydrogen) atoms. The van der Waals surface area contributed by atoms with Gasteiger partial charge < -0.3 is 20.5 Å². The molecule has 1 unspecified atom stereocenters. The maximum Gasteiger partial charge on any atom is 0.340 e. The lowest BCUT2D eigenvalue weighted by molar-refractivity contribution is -0.119. The van der Waals surface area contributed by atoms with Crippen LogP contribution < -0.4 is 10.6 Å². The van der Waals surface area contributed by atoms with E-state index in [2.05, 4.69) is 15.0 Å². The first-order valence-electron chi connectivity index (χ1n) is 5.89. The molecule has 1 aromatic rings. The molecule has 0 spiro atoms. The fourth-order valence-corrected chi connectivity index (χ4v) is 2.65. The fraction of sp³-hybridized carbons (Fsp3) is 0.545. The molecule has 104 valence electrons. The second-order valence-corrected chi connectivity index (χ2v) is 5.00. The van der Waals surface area contributed by atoms with Crippen molar-refractivity contribution < 1.29 is 19.4 Å². The average Bonchev–Trinajstić information content (AvgIpc) is 2.71. The summed E-state index contributed by atoms with van der Waals surface area (Å²) in [6.45, 7) is 3.60. The summed E-state index contributed by atoms with van der Waals surface area (Å²) in [6, 6.07) is 0. The van der Waals surface area contributed by atoms with E-state index < -0.39 is 5.97 Å². The Morgan fingerprint density at radius 1 is 1.63 bits per heavy atom. The highest BCUT2D eigenvalue weighted by atomic mass is 32.1. The molecule has 1 aliphatic rings. The molecule has 1 fully saturated rings. The maximum absolute atomic E-state index is 11.8. The first-order chi connectivity index (χ1) is 9.08. The van der Waals surface area contributed by atoms with Crippen LogP contribution in [0.1, 0.15) is 22.5 Å². The van der Waals surface area contributed by atoms with Gasteiger partial charge >= 0.3 is 5.97 Å². The smallest absolute Gasteiger partial charge is 0.340 e. The summed E-state index contributed by atoms with van der Waals surface area (Å²) in [6.07, 6.45) is 0.0271. The molecule has 7 nitrogen and oxygen atoms in total. The molecule has 0 saturated carbocycles. The Morgan fingerprint density at radius 2 is 2.42 bits per heavy atom. The topological polar surface area (TPSA) is 101 Å². The number of hydrogen-bond acceptors (Lipinski definition) is 6. The van der Waals surface area contributed by atoms with Crippen molar-refractivity contribution in [3.05, 3.63) is 11.3 Å². The van der Waals surface area contributed by atoms with Crippen molar-refractivity contribution in [2.24, 2.45) is 0 Å². The van der Waals surface area contributed by atoms with E-state index in [4.69, 9.17) is 9.84 Å². The van der Waals surface area contributed by atoms with Crippen LogP contribution in [0, 0.1) is 6.92 Å². The number of nitrogens with one attached hydrogen (secondary N) is 2. The van der Waals surface area contributed by atoms with Gasteiger partial charge in [-0.15, -0.1) is 0 Å². The number of anilines is 1. The normalized spacial score (nSPS) is 19.1. The van der Waals surface area contributed by atoms with Crippen molar-refractivity contribution in [1.82, 2.24) is 9.69 Å². The van der Waals surface area contributed by atoms with E-state index in [-0.39, 0.29) is 29.0 Å². The number of aromatic carboxylic acids is 1. The Balaban J connectivity index is 1.96. The highest BCUT2D eigenvalue weighted by Gasteiger charge is 2.22. The number of hydrogen-bond donors (Lipinski definition) is 3. The van der Waals surface area contributed by atoms with Crippen LogP contribution in [0.3, 0.4) is 0 Å². The van der Waals surface area contributed by atoms with Gasteiger partial charge in [-0.2, -0.15) is 4.37 Å². The van der Waals surface area contributed by atoms with Gasteiger partial charge in [0.25, 0.3) is 0 Å². The molecule has 1 aliphatic heterocycles. The molecular formula is C11H15N3O4S. The number of rotatable bonds is 4. The molecule has 0 radical (unpaired) electrons. The quantitative estimate of drug-likeness (QED) is 0.743. The van der Waals surface area contributed by atoms with Crippen LogP contribution in [0.25, 0.3) is 0 Å². The zero-order chi connectivity index (χ0) is 13.8. The minimum atomic E-state index is -1.09. The van der Waals surface area contributed by atoms with E-state index in [1.807, 2.05) is 0 Å². The van der Waals surface area contributed by atoms with Gasteiger partial charge in [-0.1, -0.05) is 0 Å². The first kappa shape index (κ1) is 13.9. The molecule has 1 amide bonds. The highest BCUT2D eigenvalue weighted by molar-refractivity contribution is 7.11. The van der Waals surface area contributed by atoms with Crippen molar-refractivity contribution in [1.29, 1.82) is 0 Å². The molecule has 0 aromatic carbocycles. The van der Waals surface area contributed by atoms with E-state index in [1.165, 1.54) is 0 Å². The summed E-state index contributed by atoms with van der Waals surface area (Å²) in [5.74, 6) is -1.35. The molecule has 0 bridgehead atoms. The Morgan fingerprint density at radius 3 is 3.05 bits per heavy atom. The lowest BCUT2D eigenvalue weighted by atomic mass is 10.2. The minimum absolute atomic E-state index is 0.0565. The third kappa shape index (κ3) is 3.49. The number of aromatic nitrogens is 1. The third-order valence-corrected chi connectivity index (χ3v) is 3.60. The van der Waals surface area contributed by atoms with Gasteiger partial charge in [-0.05, 0) is 18.5 Å². The van der Waals surface area contributed by atoms with Crippen LogP contribution in [-0.4, -0.2) is 47.2 Å². The second-order valence-electron chi connectivity index (χ2n) is 4.23. The second kappa shape index (κ2) is 6.09. The van der Waals surface area contributed by atoms with Crippen molar-refractivity contribution in [2.45, 2.75) is 19.4 Å². The number of amides is 1. The first-order valence-corrected chi connectivity index (χ1v) is 6.67. The zero-order valence-electron chi connectivity index (χ0n) is 10.4. The predicted octanol–water partition coefficient (Wildman–Crippen LogP) is 0.467. The molecule has 2 heterocycles. The standard InChI is InChI=1S/C11H15N3O4S/c1-6-9(11(16)17)10(19-14-6)13-8(15)4-7-5-12-2-3-18-7/h7,12H,2-5H2,1H3,(H,13,15)(H,16,17). The Labute approximate surface area is 114 Å². The van der Waals surface area contributed by atoms with Gasteiger partial charge in [-0.3, -0.25) is 4.79 Å². The summed E-state index contributed by atoms with van der Waals surface area (Å²) in [5, 5.41) is 15.0. The van der Waals surface area contributed by atoms with Gasteiger partial charge in [0, 0.05) is 13.1 Å². The number of carboxylic acid groups (broad SMARTS) is 1. The molecule has 1 aromatic heterocycles. The van der Waals surface area contributed by atoms with Gasteiger partial charge in [0.15, 0.2) is 0 Å². The minimum Gasteiger partial charge on any atom is -0.478 e. The lowest BCUT2D eigenvalue weighted by Gasteiger charge is -2.22. The molecule has 2 rings (SSSR count). The number of nitrogens with zero attached hydrogens (tertiary/aromatic N) is 1. The number of morpholine rings is 1. The van der Waals surface area contributed by atoms with Crippen LogP contribution in [-0.2, 0) is 9.53 Å². The summed E-state index contributed by atoms with van der Waals surface area (Å²) < 4.78 is 9.36. The summed E-state index contributed by atoms with van der Waals surface area (Å²) in [7, 11) is 0. The lowest BCUT2D eigenvalue weighted by Crippen LogP contribution is -2.40. The SMILES string of the molecule is Cc1nsc(NC(=O)CC2CNCCO2)c1C(=O)O. The van der Waals surface area contributed by atoms with Gasteiger partial charge in [0.2, 0.25) is 5.91 Å². The van der Waals surface area contributed by atoms with E-state index in [0.717, 1.165) is 18.1 Å². The highest BCUT2D eigenvalue weighted by Crippen LogP contribution is 2.24. The summed E-state index contributed by atoms with van der Waals surface area (Å²) in [4.78, 5) is 22.9. The molecule has 1 saturated heterocycles. The summed E-state index contributed by atoms with van der Waals surface area (Å²) in [5.41, 5.74) is 0.462. The van der Waals surface area contributed by atoms with Crippen LogP contribution in [0.2, 0.25) is 0 Å². The largest absolute Gasteiger partial charge is 0.478 e. The molecule has 8 heteroatoms. The predicted molar refractivity (Wildman–Crippen MR) is 69.7 cm³/mol. The number of carbonyl (C=O) groups is 2. The summed E-state index contributed by atoms with van der Waals surface area (Å²) >= 11 is 0.976. The number of ether oxygens (including phenoxy) is 1. The number of carboxylic acids is 1. The van der Waals surface area contributed by atoms with Gasteiger partial charge in [-0.25, -0.2) is 4.79 Å². The molecule has 1 atom stereocenters. The zero-order valence-corrected chi connectivity index (χ0v) is 11.2. The molecular weight excluding hydrogens is 270 g/mol. The average molecular weight is 285 g/mol. The van der Waals surface area contributed by atoms with E-state index >= 15 is 0 Å².